The zero-order chi connectivity index (χ0) is 11.7. The molecule has 0 radical (unpaired) electrons. The first-order valence-corrected chi connectivity index (χ1v) is 5.83. The van der Waals surface area contributed by atoms with E-state index in [2.05, 4.69) is 11.8 Å². The molecule has 2 unspecified atom stereocenters. The van der Waals surface area contributed by atoms with E-state index < -0.39 is 0 Å². The van der Waals surface area contributed by atoms with Gasteiger partial charge in [-0.3, -0.25) is 0 Å². The van der Waals surface area contributed by atoms with Gasteiger partial charge in [0.2, 0.25) is 0 Å². The van der Waals surface area contributed by atoms with Gasteiger partial charge in [-0.15, -0.1) is 0 Å². The van der Waals surface area contributed by atoms with Crippen molar-refractivity contribution in [3.8, 4) is 0 Å². The Kier molecular flexibility index (Phi) is 3.15. The lowest BCUT2D eigenvalue weighted by Gasteiger charge is -2.25. The number of halogens is 1. The molecule has 0 saturated carbocycles. The Hall–Kier alpha value is -1.09. The first kappa shape index (κ1) is 11.4. The first-order chi connectivity index (χ1) is 7.63. The van der Waals surface area contributed by atoms with Gasteiger partial charge >= 0.3 is 0 Å². The lowest BCUT2D eigenvalue weighted by molar-refractivity contribution is 0.468. The van der Waals surface area contributed by atoms with Gasteiger partial charge in [-0.2, -0.15) is 0 Å². The van der Waals surface area contributed by atoms with Gasteiger partial charge in [0.25, 0.3) is 0 Å². The third kappa shape index (κ3) is 1.92. The molecule has 0 amide bonds. The highest BCUT2D eigenvalue weighted by Crippen LogP contribution is 2.35. The number of hydrogen-bond donors (Lipinski definition) is 1. The summed E-state index contributed by atoms with van der Waals surface area (Å²) in [5.41, 5.74) is 7.53. The van der Waals surface area contributed by atoms with E-state index >= 15 is 0 Å². The summed E-state index contributed by atoms with van der Waals surface area (Å²) in [6, 6.07) is 5.73. The summed E-state index contributed by atoms with van der Waals surface area (Å²) < 4.78 is 13.7. The van der Waals surface area contributed by atoms with Crippen LogP contribution in [0.1, 0.15) is 18.9 Å². The summed E-state index contributed by atoms with van der Waals surface area (Å²) in [5, 5.41) is 0. The lowest BCUT2D eigenvalue weighted by Crippen LogP contribution is -2.31. The largest absolute Gasteiger partial charge is 0.369 e. The van der Waals surface area contributed by atoms with Crippen LogP contribution < -0.4 is 10.6 Å². The molecule has 2 N–H and O–H groups in total. The minimum absolute atomic E-state index is 0.108. The van der Waals surface area contributed by atoms with Crippen molar-refractivity contribution in [2.24, 2.45) is 11.7 Å². The third-order valence-electron chi connectivity index (χ3n) is 3.50. The van der Waals surface area contributed by atoms with Crippen LogP contribution in [0.25, 0.3) is 0 Å². The molecule has 0 spiro atoms. The quantitative estimate of drug-likeness (QED) is 0.849. The molecule has 1 aliphatic rings. The Balaban J connectivity index is 2.18. The highest BCUT2D eigenvalue weighted by atomic mass is 19.1. The molecular weight excluding hydrogens is 203 g/mol. The maximum atomic E-state index is 13.7. The Bertz CT molecular complexity index is 378. The molecule has 0 aliphatic carbocycles. The van der Waals surface area contributed by atoms with Gasteiger partial charge in [0.15, 0.2) is 0 Å². The standard InChI is InChI=1S/C13H19FN2/c1-9(8-15)6-11-7-10-4-3-5-12(14)13(10)16(11)2/h3-5,9,11H,6-8,15H2,1-2H3. The van der Waals surface area contributed by atoms with E-state index in [1.807, 2.05) is 13.1 Å². The number of fused-ring (bicyclic) bond motifs is 1. The van der Waals surface area contributed by atoms with Crippen LogP contribution in [-0.2, 0) is 6.42 Å². The van der Waals surface area contributed by atoms with Gasteiger partial charge in [-0.1, -0.05) is 19.1 Å². The highest BCUT2D eigenvalue weighted by molar-refractivity contribution is 5.59. The van der Waals surface area contributed by atoms with Gasteiger partial charge in [0.05, 0.1) is 5.69 Å². The van der Waals surface area contributed by atoms with Crippen LogP contribution in [-0.4, -0.2) is 19.6 Å². The Morgan fingerprint density at radius 1 is 1.56 bits per heavy atom. The molecule has 2 atom stereocenters. The molecule has 0 aromatic heterocycles. The lowest BCUT2D eigenvalue weighted by atomic mass is 9.99. The summed E-state index contributed by atoms with van der Waals surface area (Å²) in [6.45, 7) is 2.84. The van der Waals surface area contributed by atoms with Crippen molar-refractivity contribution in [3.63, 3.8) is 0 Å². The van der Waals surface area contributed by atoms with Crippen LogP contribution in [0.4, 0.5) is 10.1 Å². The molecule has 2 rings (SSSR count). The van der Waals surface area contributed by atoms with E-state index in [0.29, 0.717) is 18.5 Å². The second kappa shape index (κ2) is 4.42. The molecule has 1 aliphatic heterocycles. The Labute approximate surface area is 96.2 Å². The van der Waals surface area contributed by atoms with Crippen molar-refractivity contribution >= 4 is 5.69 Å². The summed E-state index contributed by atoms with van der Waals surface area (Å²) in [4.78, 5) is 2.07. The minimum Gasteiger partial charge on any atom is -0.369 e. The number of para-hydroxylation sites is 1. The fourth-order valence-corrected chi connectivity index (χ4v) is 2.50. The average molecular weight is 222 g/mol. The van der Waals surface area contributed by atoms with Gasteiger partial charge < -0.3 is 10.6 Å². The zero-order valence-corrected chi connectivity index (χ0v) is 9.91. The van der Waals surface area contributed by atoms with E-state index in [0.717, 1.165) is 24.1 Å². The van der Waals surface area contributed by atoms with Crippen molar-refractivity contribution in [2.45, 2.75) is 25.8 Å². The molecule has 1 aromatic rings. The fraction of sp³-hybridized carbons (Fsp3) is 0.538. The molecular formula is C13H19FN2. The molecule has 0 bridgehead atoms. The minimum atomic E-state index is -0.108. The molecule has 16 heavy (non-hydrogen) atoms. The second-order valence-corrected chi connectivity index (χ2v) is 4.79. The van der Waals surface area contributed by atoms with Crippen molar-refractivity contribution in [3.05, 3.63) is 29.6 Å². The van der Waals surface area contributed by atoms with E-state index in [1.54, 1.807) is 6.07 Å². The zero-order valence-electron chi connectivity index (χ0n) is 9.91. The number of nitrogens with two attached hydrogens (primary N) is 1. The Morgan fingerprint density at radius 3 is 2.94 bits per heavy atom. The Morgan fingerprint density at radius 2 is 2.31 bits per heavy atom. The summed E-state index contributed by atoms with van der Waals surface area (Å²) in [5.74, 6) is 0.382. The number of hydrogen-bond acceptors (Lipinski definition) is 2. The van der Waals surface area contributed by atoms with Crippen LogP contribution in [0.2, 0.25) is 0 Å². The summed E-state index contributed by atoms with van der Waals surface area (Å²) in [6.07, 6.45) is 1.97. The maximum Gasteiger partial charge on any atom is 0.146 e. The predicted molar refractivity (Wildman–Crippen MR) is 65.1 cm³/mol. The average Bonchev–Trinajstić information content (AvgIpc) is 2.57. The highest BCUT2D eigenvalue weighted by Gasteiger charge is 2.29. The van der Waals surface area contributed by atoms with Crippen LogP contribution in [0.3, 0.4) is 0 Å². The molecule has 88 valence electrons. The smallest absolute Gasteiger partial charge is 0.146 e. The predicted octanol–water partition coefficient (Wildman–Crippen LogP) is 2.17. The topological polar surface area (TPSA) is 29.3 Å². The second-order valence-electron chi connectivity index (χ2n) is 4.79. The van der Waals surface area contributed by atoms with E-state index in [9.17, 15) is 4.39 Å². The van der Waals surface area contributed by atoms with Gasteiger partial charge in [-0.25, -0.2) is 4.39 Å². The molecule has 0 saturated heterocycles. The van der Waals surface area contributed by atoms with Crippen molar-refractivity contribution < 1.29 is 4.39 Å². The van der Waals surface area contributed by atoms with Crippen LogP contribution in [0, 0.1) is 11.7 Å². The monoisotopic (exact) mass is 222 g/mol. The number of likely N-dealkylation sites (N-methyl/N-ethyl adjacent to an activating group) is 1. The number of benzene rings is 1. The molecule has 1 heterocycles. The first-order valence-electron chi connectivity index (χ1n) is 5.83. The molecule has 1 aromatic carbocycles. The number of anilines is 1. The van der Waals surface area contributed by atoms with Crippen molar-refractivity contribution in [1.82, 2.24) is 0 Å². The van der Waals surface area contributed by atoms with Crippen LogP contribution in [0.15, 0.2) is 18.2 Å². The van der Waals surface area contributed by atoms with Gasteiger partial charge in [0.1, 0.15) is 5.82 Å². The number of nitrogens with zero attached hydrogens (tertiary/aromatic N) is 1. The van der Waals surface area contributed by atoms with Crippen LogP contribution >= 0.6 is 0 Å². The van der Waals surface area contributed by atoms with Crippen LogP contribution in [0.5, 0.6) is 0 Å². The summed E-state index contributed by atoms with van der Waals surface area (Å²) >= 11 is 0. The summed E-state index contributed by atoms with van der Waals surface area (Å²) in [7, 11) is 1.98. The third-order valence-corrected chi connectivity index (χ3v) is 3.50. The van der Waals surface area contributed by atoms with E-state index in [4.69, 9.17) is 5.73 Å². The SMILES string of the molecule is CC(CN)CC1Cc2cccc(F)c2N1C. The van der Waals surface area contributed by atoms with Gasteiger partial charge in [-0.05, 0) is 36.9 Å². The van der Waals surface area contributed by atoms with E-state index in [-0.39, 0.29) is 5.82 Å². The number of rotatable bonds is 3. The normalized spacial score (nSPS) is 21.0. The molecule has 0 fully saturated rings. The van der Waals surface area contributed by atoms with E-state index in [1.165, 1.54) is 6.07 Å². The fourth-order valence-electron chi connectivity index (χ4n) is 2.50. The van der Waals surface area contributed by atoms with Crippen molar-refractivity contribution in [1.29, 1.82) is 0 Å². The van der Waals surface area contributed by atoms with Gasteiger partial charge in [0, 0.05) is 13.1 Å². The molecule has 2 nitrogen and oxygen atoms in total. The van der Waals surface area contributed by atoms with Crippen molar-refractivity contribution in [2.75, 3.05) is 18.5 Å². The maximum absolute atomic E-state index is 13.7. The molecule has 3 heteroatoms.